The number of hydrogen-bond donors (Lipinski definition) is 0. The molecule has 4 nitrogen and oxygen atoms in total. The van der Waals surface area contributed by atoms with Gasteiger partial charge in [-0.15, -0.1) is 0 Å². The van der Waals surface area contributed by atoms with E-state index < -0.39 is 0 Å². The topological polar surface area (TPSA) is 55.5 Å². The van der Waals surface area contributed by atoms with Gasteiger partial charge in [0.25, 0.3) is 5.91 Å². The normalized spacial score (nSPS) is 17.6. The first kappa shape index (κ1) is 10.5. The molecule has 1 aliphatic carbocycles. The molecule has 0 unspecified atom stereocenters. The van der Waals surface area contributed by atoms with Gasteiger partial charge in [0.05, 0.1) is 6.20 Å². The Labute approximate surface area is 93.4 Å². The molecule has 82 valence electrons. The molecule has 0 fully saturated rings. The number of carbonyl (C=O) groups is 1. The van der Waals surface area contributed by atoms with Crippen molar-refractivity contribution in [3.8, 4) is 0 Å². The van der Waals surface area contributed by atoms with E-state index in [4.69, 9.17) is 4.52 Å². The standard InChI is InChI=1S/C12H12N2O2/c1-8-3-5-10(6-4-8)14-12(15)11-7-13-16-9(11)2/h3-5,7H,6H2,1-2H3. The van der Waals surface area contributed by atoms with Gasteiger partial charge in [-0.25, -0.2) is 4.99 Å². The maximum atomic E-state index is 11.7. The minimum absolute atomic E-state index is 0.300. The number of aryl methyl sites for hydroxylation is 1. The summed E-state index contributed by atoms with van der Waals surface area (Å²) in [6.45, 7) is 3.71. The Kier molecular flexibility index (Phi) is 2.81. The van der Waals surface area contributed by atoms with Gasteiger partial charge in [-0.2, -0.15) is 0 Å². The zero-order chi connectivity index (χ0) is 11.5. The number of rotatable bonds is 1. The van der Waals surface area contributed by atoms with Crippen LogP contribution in [0, 0.1) is 6.92 Å². The highest BCUT2D eigenvalue weighted by Crippen LogP contribution is 2.11. The van der Waals surface area contributed by atoms with Crippen LogP contribution in [0.3, 0.4) is 0 Å². The highest BCUT2D eigenvalue weighted by molar-refractivity contribution is 6.09. The number of allylic oxidation sites excluding steroid dienone is 4. The maximum absolute atomic E-state index is 11.7. The van der Waals surface area contributed by atoms with Crippen LogP contribution in [0.4, 0.5) is 0 Å². The lowest BCUT2D eigenvalue weighted by atomic mass is 10.1. The molecule has 0 aliphatic heterocycles. The van der Waals surface area contributed by atoms with Gasteiger partial charge in [-0.3, -0.25) is 4.79 Å². The Bertz CT molecular complexity index is 507. The van der Waals surface area contributed by atoms with Crippen LogP contribution in [-0.4, -0.2) is 16.8 Å². The summed E-state index contributed by atoms with van der Waals surface area (Å²) in [7, 11) is 0. The van der Waals surface area contributed by atoms with Crippen LogP contribution in [0.5, 0.6) is 0 Å². The lowest BCUT2D eigenvalue weighted by Crippen LogP contribution is -2.03. The third kappa shape index (κ3) is 2.16. The average molecular weight is 216 g/mol. The lowest BCUT2D eigenvalue weighted by molar-refractivity contribution is 0.100. The molecule has 0 atom stereocenters. The van der Waals surface area contributed by atoms with E-state index in [2.05, 4.69) is 10.1 Å². The summed E-state index contributed by atoms with van der Waals surface area (Å²) in [4.78, 5) is 15.8. The largest absolute Gasteiger partial charge is 0.361 e. The highest BCUT2D eigenvalue weighted by atomic mass is 16.5. The minimum Gasteiger partial charge on any atom is -0.361 e. The van der Waals surface area contributed by atoms with E-state index in [1.165, 1.54) is 11.8 Å². The van der Waals surface area contributed by atoms with Crippen LogP contribution in [0.15, 0.2) is 39.5 Å². The van der Waals surface area contributed by atoms with Crippen molar-refractivity contribution < 1.29 is 9.32 Å². The Morgan fingerprint density at radius 2 is 2.25 bits per heavy atom. The second kappa shape index (κ2) is 4.26. The highest BCUT2D eigenvalue weighted by Gasteiger charge is 2.12. The molecule has 0 aromatic carbocycles. The van der Waals surface area contributed by atoms with Gasteiger partial charge >= 0.3 is 0 Å². The number of hydrogen-bond acceptors (Lipinski definition) is 3. The Morgan fingerprint density at radius 3 is 2.81 bits per heavy atom. The van der Waals surface area contributed by atoms with Gasteiger partial charge in [-0.05, 0) is 19.9 Å². The molecule has 1 aliphatic rings. The van der Waals surface area contributed by atoms with Crippen molar-refractivity contribution in [3.05, 3.63) is 41.3 Å². The summed E-state index contributed by atoms with van der Waals surface area (Å²) in [6.07, 6.45) is 7.92. The van der Waals surface area contributed by atoms with E-state index in [0.717, 1.165) is 5.71 Å². The molecule has 0 saturated heterocycles. The number of nitrogens with zero attached hydrogens (tertiary/aromatic N) is 2. The zero-order valence-corrected chi connectivity index (χ0v) is 9.23. The van der Waals surface area contributed by atoms with Gasteiger partial charge in [0.2, 0.25) is 0 Å². The Morgan fingerprint density at radius 1 is 1.44 bits per heavy atom. The van der Waals surface area contributed by atoms with Crippen molar-refractivity contribution in [1.29, 1.82) is 0 Å². The predicted molar refractivity (Wildman–Crippen MR) is 60.5 cm³/mol. The molecular formula is C12H12N2O2. The van der Waals surface area contributed by atoms with Crippen molar-refractivity contribution >= 4 is 11.6 Å². The molecule has 0 radical (unpaired) electrons. The number of amides is 1. The molecule has 1 heterocycles. The monoisotopic (exact) mass is 216 g/mol. The van der Waals surface area contributed by atoms with Crippen molar-refractivity contribution in [2.75, 3.05) is 0 Å². The molecule has 1 aromatic heterocycles. The number of aromatic nitrogens is 1. The molecular weight excluding hydrogens is 204 g/mol. The molecule has 0 N–H and O–H groups in total. The zero-order valence-electron chi connectivity index (χ0n) is 9.23. The Hall–Kier alpha value is -1.97. The fourth-order valence-electron chi connectivity index (χ4n) is 1.41. The van der Waals surface area contributed by atoms with Crippen LogP contribution in [-0.2, 0) is 0 Å². The van der Waals surface area contributed by atoms with Crippen LogP contribution >= 0.6 is 0 Å². The summed E-state index contributed by atoms with van der Waals surface area (Å²) in [5.74, 6) is 0.201. The second-order valence-electron chi connectivity index (χ2n) is 3.69. The average Bonchev–Trinajstić information content (AvgIpc) is 2.68. The van der Waals surface area contributed by atoms with Crippen LogP contribution in [0.2, 0.25) is 0 Å². The van der Waals surface area contributed by atoms with E-state index in [1.54, 1.807) is 6.92 Å². The molecule has 0 saturated carbocycles. The fraction of sp³-hybridized carbons (Fsp3) is 0.250. The molecule has 1 aromatic rings. The van der Waals surface area contributed by atoms with Gasteiger partial charge in [0.15, 0.2) is 0 Å². The van der Waals surface area contributed by atoms with E-state index in [1.807, 2.05) is 25.2 Å². The number of carbonyl (C=O) groups excluding carboxylic acids is 1. The van der Waals surface area contributed by atoms with Gasteiger partial charge < -0.3 is 4.52 Å². The van der Waals surface area contributed by atoms with Crippen LogP contribution in [0.25, 0.3) is 0 Å². The minimum atomic E-state index is -0.300. The van der Waals surface area contributed by atoms with Crippen molar-refractivity contribution in [2.45, 2.75) is 20.3 Å². The van der Waals surface area contributed by atoms with Gasteiger partial charge in [0, 0.05) is 12.1 Å². The SMILES string of the molecule is CC1=CCC(=NC(=O)c2cnoc2C)C=C1. The van der Waals surface area contributed by atoms with Gasteiger partial charge in [0.1, 0.15) is 11.3 Å². The molecule has 0 bridgehead atoms. The summed E-state index contributed by atoms with van der Waals surface area (Å²) >= 11 is 0. The maximum Gasteiger partial charge on any atom is 0.282 e. The molecule has 2 rings (SSSR count). The number of aliphatic imine (C=N–C) groups is 1. The van der Waals surface area contributed by atoms with E-state index in [9.17, 15) is 4.79 Å². The fourth-order valence-corrected chi connectivity index (χ4v) is 1.41. The molecule has 0 spiro atoms. The first-order valence-electron chi connectivity index (χ1n) is 5.05. The third-order valence-corrected chi connectivity index (χ3v) is 2.40. The van der Waals surface area contributed by atoms with Crippen LogP contribution in [0.1, 0.15) is 29.5 Å². The van der Waals surface area contributed by atoms with Crippen molar-refractivity contribution in [3.63, 3.8) is 0 Å². The summed E-state index contributed by atoms with van der Waals surface area (Å²) < 4.78 is 4.82. The predicted octanol–water partition coefficient (Wildman–Crippen LogP) is 2.47. The van der Waals surface area contributed by atoms with Gasteiger partial charge in [-0.1, -0.05) is 22.9 Å². The smallest absolute Gasteiger partial charge is 0.282 e. The lowest BCUT2D eigenvalue weighted by Gasteiger charge is -2.03. The first-order chi connectivity index (χ1) is 7.66. The molecule has 4 heteroatoms. The second-order valence-corrected chi connectivity index (χ2v) is 3.69. The summed E-state index contributed by atoms with van der Waals surface area (Å²) in [6, 6.07) is 0. The van der Waals surface area contributed by atoms with Crippen molar-refractivity contribution in [1.82, 2.24) is 5.16 Å². The van der Waals surface area contributed by atoms with E-state index >= 15 is 0 Å². The van der Waals surface area contributed by atoms with Crippen LogP contribution < -0.4 is 0 Å². The van der Waals surface area contributed by atoms with Crippen molar-refractivity contribution in [2.24, 2.45) is 4.99 Å². The van der Waals surface area contributed by atoms with E-state index in [0.29, 0.717) is 17.7 Å². The Balaban J connectivity index is 2.17. The quantitative estimate of drug-likeness (QED) is 0.724. The first-order valence-corrected chi connectivity index (χ1v) is 5.05. The molecule has 1 amide bonds. The summed E-state index contributed by atoms with van der Waals surface area (Å²) in [5, 5.41) is 3.55. The van der Waals surface area contributed by atoms with E-state index in [-0.39, 0.29) is 5.91 Å². The third-order valence-electron chi connectivity index (χ3n) is 2.40. The molecule has 16 heavy (non-hydrogen) atoms. The summed E-state index contributed by atoms with van der Waals surface area (Å²) in [5.41, 5.74) is 2.37.